The van der Waals surface area contributed by atoms with E-state index in [0.717, 1.165) is 70.1 Å². The predicted octanol–water partition coefficient (Wildman–Crippen LogP) is 2.12. The molecule has 2 aromatic heterocycles. The minimum absolute atomic E-state index is 0.0857. The average molecular weight is 405 g/mol. The van der Waals surface area contributed by atoms with Crippen LogP contribution in [0.3, 0.4) is 0 Å². The molecule has 7 heteroatoms. The van der Waals surface area contributed by atoms with Crippen LogP contribution in [0.25, 0.3) is 5.65 Å². The van der Waals surface area contributed by atoms with Gasteiger partial charge in [-0.1, -0.05) is 30.3 Å². The van der Waals surface area contributed by atoms with Crippen molar-refractivity contribution in [3.63, 3.8) is 0 Å². The quantitative estimate of drug-likeness (QED) is 0.706. The summed E-state index contributed by atoms with van der Waals surface area (Å²) in [5.74, 6) is 1.15. The minimum atomic E-state index is 0.0857. The number of benzene rings is 1. The van der Waals surface area contributed by atoms with Gasteiger partial charge < -0.3 is 10.2 Å². The third-order valence-corrected chi connectivity index (χ3v) is 6.38. The highest BCUT2D eigenvalue weighted by Crippen LogP contribution is 2.23. The van der Waals surface area contributed by atoms with Gasteiger partial charge in [-0.25, -0.2) is 0 Å². The second-order valence-corrected chi connectivity index (χ2v) is 8.28. The predicted molar refractivity (Wildman–Crippen MR) is 116 cm³/mol. The van der Waals surface area contributed by atoms with Gasteiger partial charge in [0, 0.05) is 51.4 Å². The molecule has 1 saturated heterocycles. The zero-order valence-electron chi connectivity index (χ0n) is 17.2. The molecule has 0 unspecified atom stereocenters. The van der Waals surface area contributed by atoms with E-state index in [2.05, 4.69) is 49.6 Å². The fraction of sp³-hybridized carbons (Fsp3) is 0.435. The second-order valence-electron chi connectivity index (χ2n) is 8.28. The Bertz CT molecular complexity index is 1020. The third kappa shape index (κ3) is 3.89. The highest BCUT2D eigenvalue weighted by atomic mass is 16.1. The number of amides is 1. The molecule has 0 radical (unpaired) electrons. The van der Waals surface area contributed by atoms with Crippen molar-refractivity contribution in [1.82, 2.24) is 24.8 Å². The standard InChI is InChI=1S/C23H28N6O/c30-22(24-11-16-27-13-8-18-5-1-2-6-20(18)17-27)19-9-14-28(15-10-19)23-26-25-21-7-3-4-12-29(21)23/h1-7,12,19H,8-11,13-17H2,(H,24,30). The molecular formula is C23H28N6O. The first-order chi connectivity index (χ1) is 14.8. The van der Waals surface area contributed by atoms with E-state index < -0.39 is 0 Å². The van der Waals surface area contributed by atoms with Crippen molar-refractivity contribution >= 4 is 17.5 Å². The lowest BCUT2D eigenvalue weighted by molar-refractivity contribution is -0.125. The molecule has 0 spiro atoms. The normalized spacial score (nSPS) is 17.8. The summed E-state index contributed by atoms with van der Waals surface area (Å²) in [6.07, 6.45) is 4.79. The monoisotopic (exact) mass is 404 g/mol. The molecule has 156 valence electrons. The summed E-state index contributed by atoms with van der Waals surface area (Å²) >= 11 is 0. The van der Waals surface area contributed by atoms with E-state index in [1.54, 1.807) is 0 Å². The highest BCUT2D eigenvalue weighted by Gasteiger charge is 2.27. The molecule has 7 nitrogen and oxygen atoms in total. The van der Waals surface area contributed by atoms with Gasteiger partial charge in [-0.05, 0) is 42.5 Å². The molecule has 3 aromatic rings. The molecule has 1 N–H and O–H groups in total. The molecule has 2 aliphatic rings. The summed E-state index contributed by atoms with van der Waals surface area (Å²) in [6, 6.07) is 14.6. The van der Waals surface area contributed by atoms with Crippen molar-refractivity contribution < 1.29 is 4.79 Å². The summed E-state index contributed by atoms with van der Waals surface area (Å²) < 4.78 is 2.01. The van der Waals surface area contributed by atoms with E-state index in [9.17, 15) is 4.79 Å². The lowest BCUT2D eigenvalue weighted by Gasteiger charge is -2.32. The fourth-order valence-electron chi connectivity index (χ4n) is 4.61. The Labute approximate surface area is 176 Å². The molecule has 30 heavy (non-hydrogen) atoms. The van der Waals surface area contributed by atoms with Crippen molar-refractivity contribution in [3.05, 3.63) is 59.8 Å². The van der Waals surface area contributed by atoms with Crippen LogP contribution in [0, 0.1) is 5.92 Å². The van der Waals surface area contributed by atoms with Gasteiger partial charge in [0.25, 0.3) is 0 Å². The Balaban J connectivity index is 1.08. The van der Waals surface area contributed by atoms with E-state index in [4.69, 9.17) is 0 Å². The first-order valence-corrected chi connectivity index (χ1v) is 10.9. The van der Waals surface area contributed by atoms with Crippen molar-refractivity contribution in [3.8, 4) is 0 Å². The number of hydrogen-bond donors (Lipinski definition) is 1. The van der Waals surface area contributed by atoms with Crippen molar-refractivity contribution in [1.29, 1.82) is 0 Å². The van der Waals surface area contributed by atoms with Gasteiger partial charge in [-0.15, -0.1) is 10.2 Å². The number of nitrogens with one attached hydrogen (secondary N) is 1. The molecule has 0 atom stereocenters. The zero-order valence-corrected chi connectivity index (χ0v) is 17.2. The first-order valence-electron chi connectivity index (χ1n) is 10.9. The maximum absolute atomic E-state index is 12.7. The number of hydrogen-bond acceptors (Lipinski definition) is 5. The Morgan fingerprint density at radius 3 is 2.67 bits per heavy atom. The number of aromatic nitrogens is 3. The molecule has 2 aliphatic heterocycles. The van der Waals surface area contributed by atoms with Crippen LogP contribution in [-0.4, -0.2) is 58.1 Å². The number of anilines is 1. The Hall–Kier alpha value is -2.93. The van der Waals surface area contributed by atoms with Crippen molar-refractivity contribution in [2.75, 3.05) is 37.6 Å². The molecule has 5 rings (SSSR count). The number of pyridine rings is 1. The van der Waals surface area contributed by atoms with Gasteiger partial charge in [0.1, 0.15) is 0 Å². The Kier molecular flexibility index (Phi) is 5.36. The van der Waals surface area contributed by atoms with Crippen LogP contribution in [0.1, 0.15) is 24.0 Å². The molecule has 4 heterocycles. The number of nitrogens with zero attached hydrogens (tertiary/aromatic N) is 5. The maximum Gasteiger partial charge on any atom is 0.231 e. The summed E-state index contributed by atoms with van der Waals surface area (Å²) in [4.78, 5) is 17.3. The lowest BCUT2D eigenvalue weighted by atomic mass is 9.96. The number of carbonyl (C=O) groups excluding carboxylic acids is 1. The lowest BCUT2D eigenvalue weighted by Crippen LogP contribution is -2.43. The molecule has 0 saturated carbocycles. The van der Waals surface area contributed by atoms with Crippen LogP contribution in [0.15, 0.2) is 48.7 Å². The minimum Gasteiger partial charge on any atom is -0.355 e. The number of rotatable bonds is 5. The van der Waals surface area contributed by atoms with E-state index in [-0.39, 0.29) is 11.8 Å². The molecule has 1 fully saturated rings. The van der Waals surface area contributed by atoms with Crippen LogP contribution in [0.2, 0.25) is 0 Å². The molecular weight excluding hydrogens is 376 g/mol. The van der Waals surface area contributed by atoms with Gasteiger partial charge in [-0.3, -0.25) is 14.1 Å². The van der Waals surface area contributed by atoms with E-state index in [0.29, 0.717) is 0 Å². The van der Waals surface area contributed by atoms with Crippen LogP contribution >= 0.6 is 0 Å². The van der Waals surface area contributed by atoms with Crippen LogP contribution in [0.5, 0.6) is 0 Å². The van der Waals surface area contributed by atoms with Crippen LogP contribution in [-0.2, 0) is 17.8 Å². The maximum atomic E-state index is 12.7. The van der Waals surface area contributed by atoms with Gasteiger partial charge in [0.05, 0.1) is 0 Å². The Morgan fingerprint density at radius 2 is 1.80 bits per heavy atom. The van der Waals surface area contributed by atoms with Crippen molar-refractivity contribution in [2.45, 2.75) is 25.8 Å². The fourth-order valence-corrected chi connectivity index (χ4v) is 4.61. The Morgan fingerprint density at radius 1 is 1.00 bits per heavy atom. The van der Waals surface area contributed by atoms with E-state index in [1.807, 2.05) is 28.8 Å². The third-order valence-electron chi connectivity index (χ3n) is 6.38. The van der Waals surface area contributed by atoms with Gasteiger partial charge >= 0.3 is 0 Å². The summed E-state index contributed by atoms with van der Waals surface area (Å²) in [7, 11) is 0. The first kappa shape index (κ1) is 19.1. The van der Waals surface area contributed by atoms with Gasteiger partial charge in [0.2, 0.25) is 11.9 Å². The van der Waals surface area contributed by atoms with Crippen molar-refractivity contribution in [2.24, 2.45) is 5.92 Å². The summed E-state index contributed by atoms with van der Waals surface area (Å²) in [5, 5.41) is 11.7. The number of piperidine rings is 1. The van der Waals surface area contributed by atoms with Gasteiger partial charge in [-0.2, -0.15) is 0 Å². The van der Waals surface area contributed by atoms with Crippen LogP contribution < -0.4 is 10.2 Å². The van der Waals surface area contributed by atoms with E-state index in [1.165, 1.54) is 11.1 Å². The largest absolute Gasteiger partial charge is 0.355 e. The van der Waals surface area contributed by atoms with Gasteiger partial charge in [0.15, 0.2) is 5.65 Å². The summed E-state index contributed by atoms with van der Waals surface area (Å²) in [5.41, 5.74) is 3.74. The van der Waals surface area contributed by atoms with E-state index >= 15 is 0 Å². The highest BCUT2D eigenvalue weighted by molar-refractivity contribution is 5.79. The smallest absolute Gasteiger partial charge is 0.231 e. The second kappa shape index (κ2) is 8.44. The number of fused-ring (bicyclic) bond motifs is 2. The molecule has 0 aliphatic carbocycles. The summed E-state index contributed by atoms with van der Waals surface area (Å²) in [6.45, 7) is 5.34. The topological polar surface area (TPSA) is 65.8 Å². The molecule has 1 amide bonds. The molecule has 0 bridgehead atoms. The number of carbonyl (C=O) groups is 1. The molecule has 1 aromatic carbocycles. The SMILES string of the molecule is O=C(NCCN1CCc2ccccc2C1)C1CCN(c2nnc3ccccn23)CC1. The zero-order chi connectivity index (χ0) is 20.3. The average Bonchev–Trinajstić information content (AvgIpc) is 3.23. The van der Waals surface area contributed by atoms with Crippen LogP contribution in [0.4, 0.5) is 5.95 Å².